The monoisotopic (exact) mass is 331 g/mol. The number of piperidine rings is 1. The van der Waals surface area contributed by atoms with Gasteiger partial charge in [0.25, 0.3) is 5.91 Å². The summed E-state index contributed by atoms with van der Waals surface area (Å²) in [6.07, 6.45) is 1.94. The van der Waals surface area contributed by atoms with Crippen molar-refractivity contribution in [2.75, 3.05) is 13.1 Å². The first-order chi connectivity index (χ1) is 10.8. The van der Waals surface area contributed by atoms with E-state index < -0.39 is 29.7 Å². The molecule has 2 aliphatic rings. The summed E-state index contributed by atoms with van der Waals surface area (Å²) in [5.41, 5.74) is 0. The van der Waals surface area contributed by atoms with Gasteiger partial charge in [0.05, 0.1) is 0 Å². The molecule has 2 unspecified atom stereocenters. The number of amides is 3. The Balaban J connectivity index is 1.79. The van der Waals surface area contributed by atoms with Gasteiger partial charge in [0, 0.05) is 37.4 Å². The first-order valence-corrected chi connectivity index (χ1v) is 8.07. The van der Waals surface area contributed by atoms with Gasteiger partial charge in [0.2, 0.25) is 11.8 Å². The molecule has 1 saturated carbocycles. The molecule has 0 spiro atoms. The molecule has 2 atom stereocenters. The molecule has 3 N–H and O–H groups in total. The van der Waals surface area contributed by atoms with Crippen LogP contribution < -0.4 is 16.0 Å². The molecule has 0 bridgehead atoms. The highest BCUT2D eigenvalue weighted by molar-refractivity contribution is 5.87. The maximum atomic E-state index is 13.6. The molecule has 0 radical (unpaired) electrons. The number of rotatable bonds is 7. The molecule has 1 aliphatic heterocycles. The Labute approximate surface area is 133 Å². The van der Waals surface area contributed by atoms with Crippen molar-refractivity contribution in [1.29, 1.82) is 0 Å². The number of carbonyl (C=O) groups excluding carboxylic acids is 3. The predicted molar refractivity (Wildman–Crippen MR) is 78.6 cm³/mol. The second kappa shape index (κ2) is 7.23. The maximum absolute atomic E-state index is 13.6. The van der Waals surface area contributed by atoms with Crippen LogP contribution in [0, 0.1) is 11.8 Å². The minimum absolute atomic E-state index is 0.0394. The van der Waals surface area contributed by atoms with Crippen molar-refractivity contribution in [3.8, 4) is 0 Å². The molecule has 2 fully saturated rings. The zero-order chi connectivity index (χ0) is 17.0. The summed E-state index contributed by atoms with van der Waals surface area (Å²) in [5.74, 6) is -6.29. The normalized spacial score (nSPS) is 22.9. The Hall–Kier alpha value is -1.73. The topological polar surface area (TPSA) is 87.3 Å². The van der Waals surface area contributed by atoms with E-state index in [4.69, 9.17) is 0 Å². The van der Waals surface area contributed by atoms with Crippen LogP contribution in [0.15, 0.2) is 0 Å². The standard InChI is InChI=1S/C15H23F2N3O3/c1-2-11(8-19-14(23)15(16,17)10-3-4-10)20-13(22)9-5-6-18-12(21)7-9/h9-11H,2-8H2,1H3,(H,18,21)(H,19,23)(H,20,22). The minimum Gasteiger partial charge on any atom is -0.356 e. The molecule has 1 saturated heterocycles. The van der Waals surface area contributed by atoms with E-state index in [-0.39, 0.29) is 24.8 Å². The molecule has 130 valence electrons. The van der Waals surface area contributed by atoms with E-state index in [0.29, 0.717) is 32.2 Å². The summed E-state index contributed by atoms with van der Waals surface area (Å²) in [6, 6.07) is -0.425. The van der Waals surface area contributed by atoms with Gasteiger partial charge < -0.3 is 16.0 Å². The summed E-state index contributed by atoms with van der Waals surface area (Å²) in [5, 5.41) is 7.61. The summed E-state index contributed by atoms with van der Waals surface area (Å²) in [7, 11) is 0. The predicted octanol–water partition coefficient (Wildman–Crippen LogP) is 0.569. The van der Waals surface area contributed by atoms with Gasteiger partial charge in [0.1, 0.15) is 0 Å². The first-order valence-electron chi connectivity index (χ1n) is 8.07. The maximum Gasteiger partial charge on any atom is 0.327 e. The van der Waals surface area contributed by atoms with E-state index in [1.807, 2.05) is 0 Å². The fourth-order valence-electron chi connectivity index (χ4n) is 2.59. The average Bonchev–Trinajstić information content (AvgIpc) is 3.35. The van der Waals surface area contributed by atoms with Crippen LogP contribution in [0.4, 0.5) is 8.78 Å². The minimum atomic E-state index is -3.33. The van der Waals surface area contributed by atoms with Crippen molar-refractivity contribution >= 4 is 17.7 Å². The van der Waals surface area contributed by atoms with Crippen LogP contribution in [0.1, 0.15) is 39.0 Å². The Kier molecular flexibility index (Phi) is 5.54. The third-order valence-electron chi connectivity index (χ3n) is 4.36. The highest BCUT2D eigenvalue weighted by Gasteiger charge is 2.52. The Bertz CT molecular complexity index is 481. The summed E-state index contributed by atoms with van der Waals surface area (Å²) in [6.45, 7) is 2.21. The first kappa shape index (κ1) is 17.6. The van der Waals surface area contributed by atoms with Crippen molar-refractivity contribution in [1.82, 2.24) is 16.0 Å². The summed E-state index contributed by atoms with van der Waals surface area (Å²) < 4.78 is 27.2. The second-order valence-electron chi connectivity index (χ2n) is 6.26. The van der Waals surface area contributed by atoms with E-state index >= 15 is 0 Å². The number of nitrogens with one attached hydrogen (secondary N) is 3. The van der Waals surface area contributed by atoms with E-state index in [1.54, 1.807) is 6.92 Å². The zero-order valence-electron chi connectivity index (χ0n) is 13.2. The molecule has 8 heteroatoms. The van der Waals surface area contributed by atoms with E-state index in [1.165, 1.54) is 0 Å². The molecule has 1 heterocycles. The van der Waals surface area contributed by atoms with Crippen molar-refractivity contribution in [3.63, 3.8) is 0 Å². The van der Waals surface area contributed by atoms with Crippen molar-refractivity contribution in [2.24, 2.45) is 11.8 Å². The number of carbonyl (C=O) groups is 3. The smallest absolute Gasteiger partial charge is 0.327 e. The second-order valence-corrected chi connectivity index (χ2v) is 6.26. The lowest BCUT2D eigenvalue weighted by Crippen LogP contribution is -2.50. The van der Waals surface area contributed by atoms with Crippen molar-refractivity contribution in [2.45, 2.75) is 51.0 Å². The Morgan fingerprint density at radius 3 is 2.61 bits per heavy atom. The summed E-state index contributed by atoms with van der Waals surface area (Å²) >= 11 is 0. The molecule has 23 heavy (non-hydrogen) atoms. The van der Waals surface area contributed by atoms with Crippen LogP contribution in [0.3, 0.4) is 0 Å². The van der Waals surface area contributed by atoms with Crippen LogP contribution in [0.5, 0.6) is 0 Å². The Morgan fingerprint density at radius 2 is 2.04 bits per heavy atom. The van der Waals surface area contributed by atoms with Crippen molar-refractivity contribution in [3.05, 3.63) is 0 Å². The van der Waals surface area contributed by atoms with Gasteiger partial charge >= 0.3 is 5.92 Å². The third kappa shape index (κ3) is 4.62. The number of halogens is 2. The molecule has 0 aromatic rings. The van der Waals surface area contributed by atoms with Gasteiger partial charge in [-0.2, -0.15) is 8.78 Å². The number of alkyl halides is 2. The van der Waals surface area contributed by atoms with Gasteiger partial charge in [-0.05, 0) is 25.7 Å². The van der Waals surface area contributed by atoms with E-state index in [2.05, 4.69) is 16.0 Å². The quantitative estimate of drug-likeness (QED) is 0.637. The fourth-order valence-corrected chi connectivity index (χ4v) is 2.59. The van der Waals surface area contributed by atoms with Crippen molar-refractivity contribution < 1.29 is 23.2 Å². The largest absolute Gasteiger partial charge is 0.356 e. The van der Waals surface area contributed by atoms with Gasteiger partial charge in [-0.3, -0.25) is 14.4 Å². The summed E-state index contributed by atoms with van der Waals surface area (Å²) in [4.78, 5) is 35.0. The molecule has 0 aromatic heterocycles. The number of hydrogen-bond acceptors (Lipinski definition) is 3. The van der Waals surface area contributed by atoms with Gasteiger partial charge in [-0.15, -0.1) is 0 Å². The molecule has 1 aliphatic carbocycles. The highest BCUT2D eigenvalue weighted by atomic mass is 19.3. The van der Waals surface area contributed by atoms with E-state index in [0.717, 1.165) is 0 Å². The van der Waals surface area contributed by atoms with Gasteiger partial charge in [0.15, 0.2) is 0 Å². The van der Waals surface area contributed by atoms with Gasteiger partial charge in [-0.25, -0.2) is 0 Å². The van der Waals surface area contributed by atoms with Crippen LogP contribution in [0.25, 0.3) is 0 Å². The van der Waals surface area contributed by atoms with Gasteiger partial charge in [-0.1, -0.05) is 6.92 Å². The molecule has 3 amide bonds. The van der Waals surface area contributed by atoms with Crippen LogP contribution in [-0.4, -0.2) is 42.8 Å². The SMILES string of the molecule is CCC(CNC(=O)C(F)(F)C1CC1)NC(=O)C1CCNC(=O)C1. The number of hydrogen-bond donors (Lipinski definition) is 3. The van der Waals surface area contributed by atoms with Crippen LogP contribution in [-0.2, 0) is 14.4 Å². The fraction of sp³-hybridized carbons (Fsp3) is 0.800. The highest BCUT2D eigenvalue weighted by Crippen LogP contribution is 2.43. The molecular formula is C15H23F2N3O3. The Morgan fingerprint density at radius 1 is 1.35 bits per heavy atom. The van der Waals surface area contributed by atoms with Crippen LogP contribution >= 0.6 is 0 Å². The lowest BCUT2D eigenvalue weighted by Gasteiger charge is -2.25. The van der Waals surface area contributed by atoms with Crippen LogP contribution in [0.2, 0.25) is 0 Å². The zero-order valence-corrected chi connectivity index (χ0v) is 13.2. The molecular weight excluding hydrogens is 308 g/mol. The lowest BCUT2D eigenvalue weighted by molar-refractivity contribution is -0.148. The molecule has 0 aromatic carbocycles. The lowest BCUT2D eigenvalue weighted by atomic mass is 9.96. The van der Waals surface area contributed by atoms with E-state index in [9.17, 15) is 23.2 Å². The third-order valence-corrected chi connectivity index (χ3v) is 4.36. The molecule has 6 nitrogen and oxygen atoms in total. The average molecular weight is 331 g/mol. The molecule has 2 rings (SSSR count).